The molecule has 0 unspecified atom stereocenters. The summed E-state index contributed by atoms with van der Waals surface area (Å²) >= 11 is 0. The smallest absolute Gasteiger partial charge is 0.239 e. The number of aliphatic hydroxyl groups is 1. The Morgan fingerprint density at radius 3 is 2.68 bits per heavy atom. The van der Waals surface area contributed by atoms with E-state index in [1.165, 1.54) is 6.07 Å². The van der Waals surface area contributed by atoms with Gasteiger partial charge in [-0.05, 0) is 31.0 Å². The minimum absolute atomic E-state index is 0.120. The first-order valence-electron chi connectivity index (χ1n) is 6.42. The van der Waals surface area contributed by atoms with Crippen molar-refractivity contribution in [3.63, 3.8) is 0 Å². The molecule has 0 saturated heterocycles. The lowest BCUT2D eigenvalue weighted by atomic mass is 10.1. The first-order chi connectivity index (χ1) is 8.99. The Morgan fingerprint density at radius 1 is 1.53 bits per heavy atom. The molecule has 19 heavy (non-hydrogen) atoms. The number of hydrogen-bond donors (Lipinski definition) is 2. The van der Waals surface area contributed by atoms with E-state index in [-0.39, 0.29) is 12.5 Å². The molecule has 1 amide bonds. The van der Waals surface area contributed by atoms with E-state index in [4.69, 9.17) is 0 Å². The van der Waals surface area contributed by atoms with Crippen molar-refractivity contribution in [3.05, 3.63) is 29.6 Å². The van der Waals surface area contributed by atoms with Crippen LogP contribution in [0.1, 0.15) is 31.9 Å². The number of carbonyl (C=O) groups is 1. The highest BCUT2D eigenvalue weighted by atomic mass is 19.1. The van der Waals surface area contributed by atoms with Crippen LogP contribution in [-0.2, 0) is 4.79 Å². The summed E-state index contributed by atoms with van der Waals surface area (Å²) in [7, 11) is 1.55. The number of aliphatic hydroxyl groups excluding tert-OH is 1. The fourth-order valence-electron chi connectivity index (χ4n) is 1.85. The minimum Gasteiger partial charge on any atom is -0.389 e. The van der Waals surface area contributed by atoms with E-state index in [1.807, 2.05) is 6.92 Å². The summed E-state index contributed by atoms with van der Waals surface area (Å²) in [6.07, 6.45) is 0.108. The Balaban J connectivity index is 2.98. The SMILES string of the molecule is CCCN(CC(=O)NC)c1ccc([C@H](C)O)cc1F. The molecule has 4 nitrogen and oxygen atoms in total. The van der Waals surface area contributed by atoms with E-state index in [0.717, 1.165) is 6.42 Å². The van der Waals surface area contributed by atoms with Gasteiger partial charge < -0.3 is 15.3 Å². The number of amides is 1. The highest BCUT2D eigenvalue weighted by Gasteiger charge is 2.15. The molecule has 0 aliphatic rings. The molecule has 1 aromatic rings. The zero-order valence-corrected chi connectivity index (χ0v) is 11.6. The van der Waals surface area contributed by atoms with Crippen LogP contribution < -0.4 is 10.2 Å². The summed E-state index contributed by atoms with van der Waals surface area (Å²) in [5.41, 5.74) is 0.910. The number of nitrogens with one attached hydrogen (secondary N) is 1. The van der Waals surface area contributed by atoms with Gasteiger partial charge in [-0.1, -0.05) is 13.0 Å². The molecule has 0 heterocycles. The van der Waals surface area contributed by atoms with Gasteiger partial charge in [-0.2, -0.15) is 0 Å². The second-order valence-electron chi connectivity index (χ2n) is 4.48. The van der Waals surface area contributed by atoms with Crippen molar-refractivity contribution < 1.29 is 14.3 Å². The van der Waals surface area contributed by atoms with Crippen molar-refractivity contribution in [1.82, 2.24) is 5.32 Å². The number of anilines is 1. The second kappa shape index (κ2) is 7.09. The molecule has 0 saturated carbocycles. The normalized spacial score (nSPS) is 12.1. The van der Waals surface area contributed by atoms with E-state index >= 15 is 0 Å². The van der Waals surface area contributed by atoms with Gasteiger partial charge in [0.1, 0.15) is 5.82 Å². The van der Waals surface area contributed by atoms with E-state index in [9.17, 15) is 14.3 Å². The molecule has 0 aromatic heterocycles. The van der Waals surface area contributed by atoms with Crippen molar-refractivity contribution >= 4 is 11.6 Å². The maximum absolute atomic E-state index is 14.1. The first-order valence-corrected chi connectivity index (χ1v) is 6.42. The van der Waals surface area contributed by atoms with Gasteiger partial charge in [-0.3, -0.25) is 4.79 Å². The lowest BCUT2D eigenvalue weighted by Gasteiger charge is -2.24. The number of hydrogen-bond acceptors (Lipinski definition) is 3. The van der Waals surface area contributed by atoms with Crippen LogP contribution in [0.3, 0.4) is 0 Å². The van der Waals surface area contributed by atoms with E-state index < -0.39 is 11.9 Å². The number of likely N-dealkylation sites (N-methyl/N-ethyl adjacent to an activating group) is 1. The highest BCUT2D eigenvalue weighted by molar-refractivity contribution is 5.81. The van der Waals surface area contributed by atoms with Gasteiger partial charge >= 0.3 is 0 Å². The Morgan fingerprint density at radius 2 is 2.21 bits per heavy atom. The maximum atomic E-state index is 14.1. The summed E-state index contributed by atoms with van der Waals surface area (Å²) in [6.45, 7) is 4.27. The van der Waals surface area contributed by atoms with Gasteiger partial charge in [0, 0.05) is 13.6 Å². The molecule has 0 spiro atoms. The quantitative estimate of drug-likeness (QED) is 0.827. The average Bonchev–Trinajstić information content (AvgIpc) is 2.37. The number of halogens is 1. The van der Waals surface area contributed by atoms with E-state index in [2.05, 4.69) is 5.32 Å². The predicted octanol–water partition coefficient (Wildman–Crippen LogP) is 1.84. The Hall–Kier alpha value is -1.62. The maximum Gasteiger partial charge on any atom is 0.239 e. The lowest BCUT2D eigenvalue weighted by Crippen LogP contribution is -2.36. The lowest BCUT2D eigenvalue weighted by molar-refractivity contribution is -0.119. The standard InChI is InChI=1S/C14H21FN2O2/c1-4-7-17(9-14(19)16-3)13-6-5-11(10(2)18)8-12(13)15/h5-6,8,10,18H,4,7,9H2,1-3H3,(H,16,19)/t10-/m0/s1. The molecule has 1 rings (SSSR count). The molecule has 1 aromatic carbocycles. The molecule has 0 aliphatic heterocycles. The fourth-order valence-corrected chi connectivity index (χ4v) is 1.85. The minimum atomic E-state index is -0.706. The van der Waals surface area contributed by atoms with E-state index in [1.54, 1.807) is 31.0 Å². The van der Waals surface area contributed by atoms with Gasteiger partial charge in [0.25, 0.3) is 0 Å². The Labute approximate surface area is 113 Å². The number of benzene rings is 1. The first kappa shape index (κ1) is 15.4. The third kappa shape index (κ3) is 4.21. The Kier molecular flexibility index (Phi) is 5.76. The highest BCUT2D eigenvalue weighted by Crippen LogP contribution is 2.23. The van der Waals surface area contributed by atoms with Gasteiger partial charge in [-0.25, -0.2) is 4.39 Å². The van der Waals surface area contributed by atoms with Crippen LogP contribution in [0.15, 0.2) is 18.2 Å². The van der Waals surface area contributed by atoms with Gasteiger partial charge in [-0.15, -0.1) is 0 Å². The number of rotatable bonds is 6. The molecule has 2 N–H and O–H groups in total. The van der Waals surface area contributed by atoms with Crippen LogP contribution >= 0.6 is 0 Å². The zero-order valence-electron chi connectivity index (χ0n) is 11.6. The van der Waals surface area contributed by atoms with E-state index in [0.29, 0.717) is 17.8 Å². The number of nitrogens with zero attached hydrogens (tertiary/aromatic N) is 1. The third-order valence-electron chi connectivity index (χ3n) is 2.90. The third-order valence-corrected chi connectivity index (χ3v) is 2.90. The molecule has 0 fully saturated rings. The van der Waals surface area contributed by atoms with Crippen LogP contribution in [0.2, 0.25) is 0 Å². The predicted molar refractivity (Wildman–Crippen MR) is 73.6 cm³/mol. The van der Waals surface area contributed by atoms with Crippen molar-refractivity contribution in [2.24, 2.45) is 0 Å². The van der Waals surface area contributed by atoms with Crippen molar-refractivity contribution in [1.29, 1.82) is 0 Å². The summed E-state index contributed by atoms with van der Waals surface area (Å²) < 4.78 is 14.1. The summed E-state index contributed by atoms with van der Waals surface area (Å²) in [5.74, 6) is -0.580. The van der Waals surface area contributed by atoms with Crippen molar-refractivity contribution in [2.45, 2.75) is 26.4 Å². The zero-order chi connectivity index (χ0) is 14.4. The molecular formula is C14H21FN2O2. The molecular weight excluding hydrogens is 247 g/mol. The second-order valence-corrected chi connectivity index (χ2v) is 4.48. The summed E-state index contributed by atoms with van der Waals surface area (Å²) in [4.78, 5) is 13.1. The van der Waals surface area contributed by atoms with Crippen LogP contribution in [0, 0.1) is 5.82 Å². The van der Waals surface area contributed by atoms with Crippen LogP contribution in [-0.4, -0.2) is 31.2 Å². The van der Waals surface area contributed by atoms with Gasteiger partial charge in [0.05, 0.1) is 18.3 Å². The van der Waals surface area contributed by atoms with Crippen LogP contribution in [0.5, 0.6) is 0 Å². The van der Waals surface area contributed by atoms with Crippen LogP contribution in [0.25, 0.3) is 0 Å². The van der Waals surface area contributed by atoms with Crippen molar-refractivity contribution in [2.75, 3.05) is 25.0 Å². The monoisotopic (exact) mass is 268 g/mol. The fraction of sp³-hybridized carbons (Fsp3) is 0.500. The Bertz CT molecular complexity index is 435. The molecule has 106 valence electrons. The largest absolute Gasteiger partial charge is 0.389 e. The van der Waals surface area contributed by atoms with Crippen molar-refractivity contribution in [3.8, 4) is 0 Å². The number of carbonyl (C=O) groups excluding carboxylic acids is 1. The molecule has 0 bridgehead atoms. The molecule has 0 radical (unpaired) electrons. The van der Waals surface area contributed by atoms with Crippen LogP contribution in [0.4, 0.5) is 10.1 Å². The summed E-state index contributed by atoms with van der Waals surface area (Å²) in [6, 6.07) is 4.60. The van der Waals surface area contributed by atoms with Gasteiger partial charge in [0.15, 0.2) is 0 Å². The van der Waals surface area contributed by atoms with Gasteiger partial charge in [0.2, 0.25) is 5.91 Å². The topological polar surface area (TPSA) is 52.6 Å². The average molecular weight is 268 g/mol. The summed E-state index contributed by atoms with van der Waals surface area (Å²) in [5, 5.41) is 11.9. The molecule has 1 atom stereocenters. The molecule has 5 heteroatoms. The molecule has 0 aliphatic carbocycles.